The van der Waals surface area contributed by atoms with Gasteiger partial charge in [-0.05, 0) is 29.8 Å². The van der Waals surface area contributed by atoms with Crippen LogP contribution in [0.1, 0.15) is 31.0 Å². The molecule has 1 aromatic carbocycles. The Hall–Kier alpha value is -1.06. The van der Waals surface area contributed by atoms with E-state index in [0.717, 1.165) is 21.9 Å². The summed E-state index contributed by atoms with van der Waals surface area (Å²) in [6.07, 6.45) is 1.98. The molecule has 0 atom stereocenters. The smallest absolute Gasteiger partial charge is 0.177 e. The van der Waals surface area contributed by atoms with Gasteiger partial charge in [-0.25, -0.2) is 0 Å². The minimum absolute atomic E-state index is 0.436. The molecule has 2 nitrogen and oxygen atoms in total. The number of imidazole rings is 1. The van der Waals surface area contributed by atoms with Gasteiger partial charge in [0.1, 0.15) is 0 Å². The topological polar surface area (TPSA) is 20.7 Å². The molecule has 0 aliphatic carbocycles. The molecule has 0 unspecified atom stereocenters. The van der Waals surface area contributed by atoms with Crippen molar-refractivity contribution in [2.45, 2.75) is 26.3 Å². The zero-order valence-electron chi connectivity index (χ0n) is 9.90. The fourth-order valence-corrected chi connectivity index (χ4v) is 2.27. The Labute approximate surface area is 111 Å². The number of aromatic nitrogens is 2. The second-order valence-electron chi connectivity index (χ2n) is 4.35. The van der Waals surface area contributed by atoms with Gasteiger partial charge < -0.3 is 9.55 Å². The third-order valence-corrected chi connectivity index (χ3v) is 3.49. The molecule has 0 amide bonds. The molecule has 1 heterocycles. The minimum Gasteiger partial charge on any atom is -0.337 e. The monoisotopic (exact) mass is 266 g/mol. The van der Waals surface area contributed by atoms with E-state index in [4.69, 9.17) is 23.8 Å². The van der Waals surface area contributed by atoms with E-state index in [0.29, 0.717) is 5.92 Å². The molecule has 0 saturated heterocycles. The summed E-state index contributed by atoms with van der Waals surface area (Å²) in [6, 6.07) is 7.86. The second kappa shape index (κ2) is 5.07. The van der Waals surface area contributed by atoms with E-state index >= 15 is 0 Å². The number of hydrogen-bond acceptors (Lipinski definition) is 1. The lowest BCUT2D eigenvalue weighted by molar-refractivity contribution is 0.684. The number of hydrogen-bond donors (Lipinski definition) is 1. The Morgan fingerprint density at radius 3 is 2.71 bits per heavy atom. The molecule has 0 fully saturated rings. The van der Waals surface area contributed by atoms with Crippen molar-refractivity contribution < 1.29 is 0 Å². The van der Waals surface area contributed by atoms with Gasteiger partial charge in [0.2, 0.25) is 0 Å². The first-order valence-electron chi connectivity index (χ1n) is 5.61. The van der Waals surface area contributed by atoms with E-state index in [1.807, 2.05) is 30.5 Å². The van der Waals surface area contributed by atoms with Gasteiger partial charge in [-0.3, -0.25) is 0 Å². The van der Waals surface area contributed by atoms with Gasteiger partial charge in [-0.2, -0.15) is 0 Å². The summed E-state index contributed by atoms with van der Waals surface area (Å²) in [7, 11) is 0. The van der Waals surface area contributed by atoms with Gasteiger partial charge >= 0.3 is 0 Å². The highest BCUT2D eigenvalue weighted by atomic mass is 35.5. The first kappa shape index (κ1) is 12.4. The maximum absolute atomic E-state index is 6.17. The van der Waals surface area contributed by atoms with E-state index in [-0.39, 0.29) is 0 Å². The Morgan fingerprint density at radius 1 is 1.35 bits per heavy atom. The molecule has 0 bridgehead atoms. The van der Waals surface area contributed by atoms with Crippen molar-refractivity contribution >= 4 is 23.8 Å². The van der Waals surface area contributed by atoms with Crippen molar-refractivity contribution in [1.29, 1.82) is 0 Å². The average Bonchev–Trinajstić information content (AvgIpc) is 2.64. The summed E-state index contributed by atoms with van der Waals surface area (Å²) in [4.78, 5) is 3.09. The molecule has 17 heavy (non-hydrogen) atoms. The first-order valence-corrected chi connectivity index (χ1v) is 6.39. The molecule has 1 aromatic heterocycles. The normalized spacial score (nSPS) is 11.1. The molecule has 0 radical (unpaired) electrons. The van der Waals surface area contributed by atoms with Crippen molar-refractivity contribution in [2.24, 2.45) is 0 Å². The molecule has 2 rings (SSSR count). The molecule has 90 valence electrons. The van der Waals surface area contributed by atoms with E-state index in [2.05, 4.69) is 23.4 Å². The molecule has 0 spiro atoms. The van der Waals surface area contributed by atoms with Crippen LogP contribution < -0.4 is 0 Å². The van der Waals surface area contributed by atoms with Crippen molar-refractivity contribution in [3.63, 3.8) is 0 Å². The van der Waals surface area contributed by atoms with Crippen LogP contribution >= 0.6 is 23.8 Å². The molecule has 1 N–H and O–H groups in total. The average molecular weight is 267 g/mol. The standard InChI is InChI=1S/C13H15ClN2S/c1-9(2)12-7-15-13(17)16(12)8-10-5-3-4-6-11(10)14/h3-7,9H,8H2,1-2H3,(H,15,17). The molecule has 2 aromatic rings. The Balaban J connectivity index is 2.40. The van der Waals surface area contributed by atoms with E-state index in [9.17, 15) is 0 Å². The Kier molecular flexibility index (Phi) is 3.69. The van der Waals surface area contributed by atoms with Gasteiger partial charge in [-0.1, -0.05) is 43.6 Å². The highest BCUT2D eigenvalue weighted by Gasteiger charge is 2.09. The SMILES string of the molecule is CC(C)c1c[nH]c(=S)n1Cc1ccccc1Cl. The lowest BCUT2D eigenvalue weighted by Gasteiger charge is -2.11. The maximum atomic E-state index is 6.17. The van der Waals surface area contributed by atoms with Crippen molar-refractivity contribution in [1.82, 2.24) is 9.55 Å². The Bertz CT molecular complexity index is 569. The van der Waals surface area contributed by atoms with Crippen molar-refractivity contribution in [3.05, 3.63) is 51.5 Å². The van der Waals surface area contributed by atoms with Crippen LogP contribution in [-0.2, 0) is 6.54 Å². The molecule has 4 heteroatoms. The van der Waals surface area contributed by atoms with Gasteiger partial charge in [0.25, 0.3) is 0 Å². The van der Waals surface area contributed by atoms with Crippen LogP contribution in [0.2, 0.25) is 5.02 Å². The summed E-state index contributed by atoms with van der Waals surface area (Å²) in [5, 5.41) is 0.783. The number of H-pyrrole nitrogens is 1. The summed E-state index contributed by atoms with van der Waals surface area (Å²) in [5.41, 5.74) is 2.29. The largest absolute Gasteiger partial charge is 0.337 e. The predicted octanol–water partition coefficient (Wildman–Crippen LogP) is 4.37. The number of aromatic amines is 1. The van der Waals surface area contributed by atoms with E-state index in [1.165, 1.54) is 5.69 Å². The number of rotatable bonds is 3. The molecule has 0 saturated carbocycles. The van der Waals surface area contributed by atoms with Crippen molar-refractivity contribution in [2.75, 3.05) is 0 Å². The van der Waals surface area contributed by atoms with Gasteiger partial charge in [0.15, 0.2) is 4.77 Å². The highest BCUT2D eigenvalue weighted by Crippen LogP contribution is 2.20. The summed E-state index contributed by atoms with van der Waals surface area (Å²) in [6.45, 7) is 5.03. The molecular formula is C13H15ClN2S. The number of halogens is 1. The van der Waals surface area contributed by atoms with Crippen molar-refractivity contribution in [3.8, 4) is 0 Å². The lowest BCUT2D eigenvalue weighted by Crippen LogP contribution is -2.06. The van der Waals surface area contributed by atoms with Crippen LogP contribution in [0.15, 0.2) is 30.5 Å². The molecular weight excluding hydrogens is 252 g/mol. The fraction of sp³-hybridized carbons (Fsp3) is 0.308. The zero-order chi connectivity index (χ0) is 12.4. The van der Waals surface area contributed by atoms with Crippen LogP contribution in [0.25, 0.3) is 0 Å². The van der Waals surface area contributed by atoms with Gasteiger partial charge in [-0.15, -0.1) is 0 Å². The summed E-state index contributed by atoms with van der Waals surface area (Å²) in [5.74, 6) is 0.436. The third-order valence-electron chi connectivity index (χ3n) is 2.78. The fourth-order valence-electron chi connectivity index (χ4n) is 1.85. The Morgan fingerprint density at radius 2 is 2.06 bits per heavy atom. The molecule has 0 aliphatic rings. The number of benzene rings is 1. The van der Waals surface area contributed by atoms with Crippen LogP contribution in [0.3, 0.4) is 0 Å². The van der Waals surface area contributed by atoms with Crippen LogP contribution in [0.5, 0.6) is 0 Å². The minimum atomic E-state index is 0.436. The van der Waals surface area contributed by atoms with E-state index < -0.39 is 0 Å². The third kappa shape index (κ3) is 2.61. The van der Waals surface area contributed by atoms with Crippen LogP contribution in [0, 0.1) is 4.77 Å². The zero-order valence-corrected chi connectivity index (χ0v) is 11.5. The quantitative estimate of drug-likeness (QED) is 0.818. The molecule has 0 aliphatic heterocycles. The maximum Gasteiger partial charge on any atom is 0.177 e. The van der Waals surface area contributed by atoms with Gasteiger partial charge in [0, 0.05) is 16.9 Å². The van der Waals surface area contributed by atoms with Gasteiger partial charge in [0.05, 0.1) is 6.54 Å². The number of nitrogens with one attached hydrogen (secondary N) is 1. The summed E-state index contributed by atoms with van der Waals surface area (Å²) >= 11 is 11.5. The highest BCUT2D eigenvalue weighted by molar-refractivity contribution is 7.71. The summed E-state index contributed by atoms with van der Waals surface area (Å²) < 4.78 is 2.84. The number of nitrogens with zero attached hydrogens (tertiary/aromatic N) is 1. The second-order valence-corrected chi connectivity index (χ2v) is 5.14. The lowest BCUT2D eigenvalue weighted by atomic mass is 10.1. The first-order chi connectivity index (χ1) is 8.09. The van der Waals surface area contributed by atoms with E-state index in [1.54, 1.807) is 0 Å². The predicted molar refractivity (Wildman–Crippen MR) is 74.3 cm³/mol. The van der Waals surface area contributed by atoms with Crippen LogP contribution in [-0.4, -0.2) is 9.55 Å². The van der Waals surface area contributed by atoms with Crippen LogP contribution in [0.4, 0.5) is 0 Å².